The van der Waals surface area contributed by atoms with Gasteiger partial charge in [-0.05, 0) is 48.5 Å². The zero-order valence-corrected chi connectivity index (χ0v) is 14.2. The minimum atomic E-state index is -0.628. The molecule has 3 aromatic carbocycles. The summed E-state index contributed by atoms with van der Waals surface area (Å²) in [7, 11) is 0. The van der Waals surface area contributed by atoms with E-state index in [0.29, 0.717) is 11.3 Å². The topological polar surface area (TPSA) is 51.2 Å². The molecule has 0 aliphatic rings. The van der Waals surface area contributed by atoms with Crippen LogP contribution >= 0.6 is 0 Å². The van der Waals surface area contributed by atoms with Crippen molar-refractivity contribution in [3.05, 3.63) is 96.4 Å². The van der Waals surface area contributed by atoms with E-state index in [2.05, 4.69) is 10.3 Å². The van der Waals surface area contributed by atoms with Crippen LogP contribution in [-0.2, 0) is 0 Å². The average molecular weight is 358 g/mol. The number of pyridine rings is 1. The fraction of sp³-hybridized carbons (Fsp3) is 0. The molecule has 0 saturated heterocycles. The summed E-state index contributed by atoms with van der Waals surface area (Å²) in [5.74, 6) is -0.475. The van der Waals surface area contributed by atoms with Crippen LogP contribution in [0.25, 0.3) is 10.9 Å². The summed E-state index contributed by atoms with van der Waals surface area (Å²) in [6.45, 7) is 0. The highest BCUT2D eigenvalue weighted by molar-refractivity contribution is 6.06. The molecule has 4 nitrogen and oxygen atoms in total. The maximum absolute atomic E-state index is 14.7. The number of aromatic nitrogens is 1. The first-order chi connectivity index (χ1) is 13.2. The van der Waals surface area contributed by atoms with Gasteiger partial charge in [0.2, 0.25) is 0 Å². The van der Waals surface area contributed by atoms with E-state index < -0.39 is 11.7 Å². The van der Waals surface area contributed by atoms with Crippen LogP contribution in [0.4, 0.5) is 10.1 Å². The van der Waals surface area contributed by atoms with E-state index in [4.69, 9.17) is 4.74 Å². The molecule has 0 saturated carbocycles. The molecule has 0 aliphatic carbocycles. The second kappa shape index (κ2) is 7.25. The first-order valence-corrected chi connectivity index (χ1v) is 8.38. The van der Waals surface area contributed by atoms with E-state index in [1.807, 2.05) is 12.1 Å². The zero-order chi connectivity index (χ0) is 18.6. The van der Waals surface area contributed by atoms with Crippen molar-refractivity contribution in [2.24, 2.45) is 0 Å². The van der Waals surface area contributed by atoms with Gasteiger partial charge in [0, 0.05) is 17.1 Å². The molecule has 0 unspecified atom stereocenters. The molecular formula is C22H15FN2O2. The van der Waals surface area contributed by atoms with Gasteiger partial charge in [-0.1, -0.05) is 30.3 Å². The van der Waals surface area contributed by atoms with Gasteiger partial charge in [-0.3, -0.25) is 9.78 Å². The van der Waals surface area contributed by atoms with Crippen LogP contribution in [0.1, 0.15) is 10.4 Å². The molecule has 0 radical (unpaired) electrons. The lowest BCUT2D eigenvalue weighted by atomic mass is 10.1. The number of rotatable bonds is 4. The smallest absolute Gasteiger partial charge is 0.255 e. The van der Waals surface area contributed by atoms with E-state index >= 15 is 0 Å². The predicted molar refractivity (Wildman–Crippen MR) is 103 cm³/mol. The third-order valence-electron chi connectivity index (χ3n) is 4.05. The Morgan fingerprint density at radius 3 is 2.63 bits per heavy atom. The molecule has 1 aromatic heterocycles. The maximum Gasteiger partial charge on any atom is 0.255 e. The lowest BCUT2D eigenvalue weighted by molar-refractivity contribution is 0.102. The van der Waals surface area contributed by atoms with E-state index in [9.17, 15) is 9.18 Å². The summed E-state index contributed by atoms with van der Waals surface area (Å²) in [6, 6.07) is 22.3. The fourth-order valence-corrected chi connectivity index (χ4v) is 2.71. The Morgan fingerprint density at radius 1 is 0.926 bits per heavy atom. The molecule has 132 valence electrons. The number of amides is 1. The molecule has 0 fully saturated rings. The molecule has 1 N–H and O–H groups in total. The zero-order valence-electron chi connectivity index (χ0n) is 14.2. The number of ether oxygens (including phenoxy) is 1. The molecule has 1 amide bonds. The molecule has 0 aliphatic heterocycles. The number of hydrogen-bond acceptors (Lipinski definition) is 3. The van der Waals surface area contributed by atoms with Crippen LogP contribution in [0, 0.1) is 5.82 Å². The Kier molecular flexibility index (Phi) is 4.49. The van der Waals surface area contributed by atoms with Crippen LogP contribution in [0.2, 0.25) is 0 Å². The van der Waals surface area contributed by atoms with Gasteiger partial charge in [-0.25, -0.2) is 4.39 Å². The van der Waals surface area contributed by atoms with Gasteiger partial charge < -0.3 is 10.1 Å². The van der Waals surface area contributed by atoms with Crippen molar-refractivity contribution in [2.75, 3.05) is 5.32 Å². The van der Waals surface area contributed by atoms with E-state index in [0.717, 1.165) is 10.9 Å². The van der Waals surface area contributed by atoms with E-state index in [1.54, 1.807) is 60.8 Å². The van der Waals surface area contributed by atoms with Gasteiger partial charge in [0.15, 0.2) is 11.6 Å². The van der Waals surface area contributed by atoms with Gasteiger partial charge in [-0.2, -0.15) is 0 Å². The highest BCUT2D eigenvalue weighted by Crippen LogP contribution is 2.29. The largest absolute Gasteiger partial charge is 0.454 e. The lowest BCUT2D eigenvalue weighted by Crippen LogP contribution is -2.13. The standard InChI is InChI=1S/C22H15FN2O2/c23-21-19(9-4-10-20(21)27-17-7-2-1-3-8-17)25-22(26)16-11-12-18-15(14-16)6-5-13-24-18/h1-14H,(H,25,26). The number of anilines is 1. The number of carbonyl (C=O) groups is 1. The quantitative estimate of drug-likeness (QED) is 0.530. The molecule has 27 heavy (non-hydrogen) atoms. The first kappa shape index (κ1) is 16.7. The summed E-state index contributed by atoms with van der Waals surface area (Å²) in [6.07, 6.45) is 1.69. The maximum atomic E-state index is 14.7. The average Bonchev–Trinajstić information content (AvgIpc) is 2.71. The number of nitrogens with one attached hydrogen (secondary N) is 1. The predicted octanol–water partition coefficient (Wildman–Crippen LogP) is 5.42. The number of para-hydroxylation sites is 1. The van der Waals surface area contributed by atoms with Gasteiger partial charge in [0.1, 0.15) is 5.75 Å². The van der Waals surface area contributed by atoms with Crippen LogP contribution in [0.5, 0.6) is 11.5 Å². The second-order valence-electron chi connectivity index (χ2n) is 5.90. The number of fused-ring (bicyclic) bond motifs is 1. The number of carbonyl (C=O) groups excluding carboxylic acids is 1. The third-order valence-corrected chi connectivity index (χ3v) is 4.05. The van der Waals surface area contributed by atoms with Crippen LogP contribution in [0.3, 0.4) is 0 Å². The van der Waals surface area contributed by atoms with Crippen molar-refractivity contribution >= 4 is 22.5 Å². The minimum Gasteiger partial charge on any atom is -0.454 e. The van der Waals surface area contributed by atoms with E-state index in [1.165, 1.54) is 12.1 Å². The fourth-order valence-electron chi connectivity index (χ4n) is 2.71. The first-order valence-electron chi connectivity index (χ1n) is 8.38. The number of nitrogens with zero attached hydrogens (tertiary/aromatic N) is 1. The molecule has 0 spiro atoms. The van der Waals surface area contributed by atoms with Crippen LogP contribution < -0.4 is 10.1 Å². The Hall–Kier alpha value is -3.73. The molecule has 0 bridgehead atoms. The Balaban J connectivity index is 1.58. The van der Waals surface area contributed by atoms with Gasteiger partial charge >= 0.3 is 0 Å². The number of benzene rings is 3. The second-order valence-corrected chi connectivity index (χ2v) is 5.90. The van der Waals surface area contributed by atoms with E-state index in [-0.39, 0.29) is 11.4 Å². The number of hydrogen-bond donors (Lipinski definition) is 1. The minimum absolute atomic E-state index is 0.0433. The van der Waals surface area contributed by atoms with Crippen molar-refractivity contribution in [2.45, 2.75) is 0 Å². The van der Waals surface area contributed by atoms with Crippen LogP contribution in [0.15, 0.2) is 85.1 Å². The molecule has 4 aromatic rings. The Morgan fingerprint density at radius 2 is 1.78 bits per heavy atom. The molecule has 5 heteroatoms. The molecule has 1 heterocycles. The summed E-state index contributed by atoms with van der Waals surface area (Å²) in [5, 5.41) is 3.44. The summed E-state index contributed by atoms with van der Waals surface area (Å²) in [5.41, 5.74) is 1.27. The third kappa shape index (κ3) is 3.62. The number of halogens is 1. The Bertz CT molecular complexity index is 1110. The highest BCUT2D eigenvalue weighted by Gasteiger charge is 2.14. The highest BCUT2D eigenvalue weighted by atomic mass is 19.1. The summed E-state index contributed by atoms with van der Waals surface area (Å²) >= 11 is 0. The van der Waals surface area contributed by atoms with Gasteiger partial charge in [0.05, 0.1) is 11.2 Å². The van der Waals surface area contributed by atoms with Crippen LogP contribution in [-0.4, -0.2) is 10.9 Å². The van der Waals surface area contributed by atoms with Gasteiger partial charge in [0.25, 0.3) is 5.91 Å². The van der Waals surface area contributed by atoms with Crippen molar-refractivity contribution in [1.82, 2.24) is 4.98 Å². The SMILES string of the molecule is O=C(Nc1cccc(Oc2ccccc2)c1F)c1ccc2ncccc2c1. The summed E-state index contributed by atoms with van der Waals surface area (Å²) < 4.78 is 20.3. The Labute approximate surface area is 155 Å². The van der Waals surface area contributed by atoms with Gasteiger partial charge in [-0.15, -0.1) is 0 Å². The summed E-state index contributed by atoms with van der Waals surface area (Å²) in [4.78, 5) is 16.8. The normalized spacial score (nSPS) is 10.6. The van der Waals surface area contributed by atoms with Crippen molar-refractivity contribution in [1.29, 1.82) is 0 Å². The lowest BCUT2D eigenvalue weighted by Gasteiger charge is -2.11. The van der Waals surface area contributed by atoms with Crippen molar-refractivity contribution in [3.63, 3.8) is 0 Å². The molecular weight excluding hydrogens is 343 g/mol. The van der Waals surface area contributed by atoms with Crippen molar-refractivity contribution in [3.8, 4) is 11.5 Å². The van der Waals surface area contributed by atoms with Crippen molar-refractivity contribution < 1.29 is 13.9 Å². The molecule has 4 rings (SSSR count). The monoisotopic (exact) mass is 358 g/mol. The molecule has 0 atom stereocenters.